The molecular formula is C16H14F4N2O3S. The maximum Gasteiger partial charge on any atom is 0.416 e. The Hall–Kier alpha value is -2.46. The van der Waals surface area contributed by atoms with Crippen LogP contribution in [-0.2, 0) is 21.0 Å². The number of rotatable bonds is 5. The summed E-state index contributed by atoms with van der Waals surface area (Å²) in [5.74, 6) is -1.38. The molecule has 0 aliphatic rings. The Bertz CT molecular complexity index is 879. The van der Waals surface area contributed by atoms with Gasteiger partial charge in [0.25, 0.3) is 0 Å². The summed E-state index contributed by atoms with van der Waals surface area (Å²) in [5.41, 5.74) is -0.795. The average Bonchev–Trinajstić information content (AvgIpc) is 2.54. The molecule has 0 heterocycles. The van der Waals surface area contributed by atoms with Crippen molar-refractivity contribution in [1.29, 1.82) is 0 Å². The van der Waals surface area contributed by atoms with Gasteiger partial charge < -0.3 is 5.32 Å². The van der Waals surface area contributed by atoms with Crippen molar-refractivity contribution < 1.29 is 30.8 Å². The second kappa shape index (κ2) is 7.42. The largest absolute Gasteiger partial charge is 0.416 e. The lowest BCUT2D eigenvalue weighted by molar-refractivity contribution is -0.137. The third kappa shape index (κ3) is 5.02. The molecule has 10 heteroatoms. The maximum absolute atomic E-state index is 12.9. The molecule has 5 nitrogen and oxygen atoms in total. The van der Waals surface area contributed by atoms with Crippen LogP contribution in [0.1, 0.15) is 12.5 Å². The highest BCUT2D eigenvalue weighted by atomic mass is 32.2. The number of benzene rings is 2. The molecule has 0 aromatic heterocycles. The van der Waals surface area contributed by atoms with Crippen LogP contribution in [0.25, 0.3) is 0 Å². The summed E-state index contributed by atoms with van der Waals surface area (Å²) in [6.07, 6.45) is -4.50. The van der Waals surface area contributed by atoms with E-state index >= 15 is 0 Å². The third-order valence-corrected chi connectivity index (χ3v) is 4.89. The first-order valence-corrected chi connectivity index (χ1v) is 8.73. The van der Waals surface area contributed by atoms with Crippen LogP contribution in [-0.4, -0.2) is 20.4 Å². The minimum atomic E-state index is -4.50. The first kappa shape index (κ1) is 19.9. The Kier molecular flexibility index (Phi) is 5.67. The Morgan fingerprint density at radius 3 is 2.04 bits per heavy atom. The summed E-state index contributed by atoms with van der Waals surface area (Å²) in [6.45, 7) is 1.26. The lowest BCUT2D eigenvalue weighted by Crippen LogP contribution is -2.41. The van der Waals surface area contributed by atoms with Crippen LogP contribution in [0.3, 0.4) is 0 Å². The number of hydrogen-bond acceptors (Lipinski definition) is 3. The number of anilines is 1. The highest BCUT2D eigenvalue weighted by Gasteiger charge is 2.30. The number of amides is 1. The van der Waals surface area contributed by atoms with E-state index in [9.17, 15) is 30.8 Å². The van der Waals surface area contributed by atoms with Crippen LogP contribution < -0.4 is 10.0 Å². The van der Waals surface area contributed by atoms with E-state index in [1.54, 1.807) is 0 Å². The molecule has 1 unspecified atom stereocenters. The van der Waals surface area contributed by atoms with Gasteiger partial charge in [-0.3, -0.25) is 4.79 Å². The van der Waals surface area contributed by atoms with E-state index in [0.717, 1.165) is 48.5 Å². The molecule has 0 saturated heterocycles. The van der Waals surface area contributed by atoms with E-state index in [2.05, 4.69) is 10.0 Å². The molecule has 1 amide bonds. The van der Waals surface area contributed by atoms with Gasteiger partial charge in [0.2, 0.25) is 15.9 Å². The van der Waals surface area contributed by atoms with Gasteiger partial charge in [0.15, 0.2) is 0 Å². The Morgan fingerprint density at radius 1 is 1.00 bits per heavy atom. The molecule has 2 aromatic carbocycles. The van der Waals surface area contributed by atoms with Crippen LogP contribution in [0.2, 0.25) is 0 Å². The second-order valence-corrected chi connectivity index (χ2v) is 7.08. The Morgan fingerprint density at radius 2 is 1.54 bits per heavy atom. The summed E-state index contributed by atoms with van der Waals surface area (Å²) in [6, 6.07) is 6.49. The number of alkyl halides is 3. The number of hydrogen-bond donors (Lipinski definition) is 2. The van der Waals surface area contributed by atoms with Crippen molar-refractivity contribution in [3.63, 3.8) is 0 Å². The van der Waals surface area contributed by atoms with Crippen molar-refractivity contribution in [2.24, 2.45) is 0 Å². The van der Waals surface area contributed by atoms with Crippen molar-refractivity contribution in [3.05, 3.63) is 59.9 Å². The molecular weight excluding hydrogens is 376 g/mol. The van der Waals surface area contributed by atoms with Crippen molar-refractivity contribution in [2.75, 3.05) is 5.32 Å². The minimum absolute atomic E-state index is 0.0795. The van der Waals surface area contributed by atoms with Crippen molar-refractivity contribution in [2.45, 2.75) is 24.0 Å². The molecule has 0 radical (unpaired) electrons. The predicted octanol–water partition coefficient (Wildman–Crippen LogP) is 3.15. The minimum Gasteiger partial charge on any atom is -0.325 e. The first-order valence-electron chi connectivity index (χ1n) is 7.25. The van der Waals surface area contributed by atoms with Gasteiger partial charge in [0.1, 0.15) is 5.82 Å². The SMILES string of the molecule is CC(NS(=O)(=O)c1ccc(F)cc1)C(=O)Nc1ccc(C(F)(F)F)cc1. The smallest absolute Gasteiger partial charge is 0.325 e. The zero-order valence-electron chi connectivity index (χ0n) is 13.3. The quantitative estimate of drug-likeness (QED) is 0.771. The number of carbonyl (C=O) groups excluding carboxylic acids is 1. The molecule has 2 aromatic rings. The molecule has 1 atom stereocenters. The molecule has 0 bridgehead atoms. The predicted molar refractivity (Wildman–Crippen MR) is 86.3 cm³/mol. The van der Waals surface area contributed by atoms with E-state index in [-0.39, 0.29) is 10.6 Å². The topological polar surface area (TPSA) is 75.3 Å². The number of carbonyl (C=O) groups is 1. The normalized spacial score (nSPS) is 13.3. The van der Waals surface area contributed by atoms with Crippen LogP contribution in [0, 0.1) is 5.82 Å². The molecule has 26 heavy (non-hydrogen) atoms. The maximum atomic E-state index is 12.9. The lowest BCUT2D eigenvalue weighted by atomic mass is 10.2. The molecule has 0 aliphatic heterocycles. The van der Waals surface area contributed by atoms with Crippen molar-refractivity contribution in [1.82, 2.24) is 4.72 Å². The van der Waals surface area contributed by atoms with Crippen LogP contribution in [0.4, 0.5) is 23.2 Å². The number of halogens is 4. The summed E-state index contributed by atoms with van der Waals surface area (Å²) >= 11 is 0. The summed E-state index contributed by atoms with van der Waals surface area (Å²) in [4.78, 5) is 11.8. The first-order chi connectivity index (χ1) is 12.0. The molecule has 140 valence electrons. The van der Waals surface area contributed by atoms with Gasteiger partial charge in [-0.05, 0) is 55.5 Å². The van der Waals surface area contributed by atoms with E-state index in [4.69, 9.17) is 0 Å². The second-order valence-electron chi connectivity index (χ2n) is 5.36. The summed E-state index contributed by atoms with van der Waals surface area (Å²) < 4.78 is 76.7. The zero-order valence-corrected chi connectivity index (χ0v) is 14.2. The monoisotopic (exact) mass is 390 g/mol. The van der Waals surface area contributed by atoms with E-state index in [1.165, 1.54) is 6.92 Å². The van der Waals surface area contributed by atoms with E-state index in [0.29, 0.717) is 0 Å². The fourth-order valence-corrected chi connectivity index (χ4v) is 3.16. The fraction of sp³-hybridized carbons (Fsp3) is 0.188. The van der Waals surface area contributed by atoms with E-state index < -0.39 is 39.5 Å². The molecule has 0 saturated carbocycles. The zero-order chi connectivity index (χ0) is 19.5. The van der Waals surface area contributed by atoms with Gasteiger partial charge in [-0.2, -0.15) is 17.9 Å². The van der Waals surface area contributed by atoms with Gasteiger partial charge in [0, 0.05) is 5.69 Å². The molecule has 2 rings (SSSR count). The molecule has 0 fully saturated rings. The molecule has 2 N–H and O–H groups in total. The van der Waals surface area contributed by atoms with Gasteiger partial charge in [-0.1, -0.05) is 0 Å². The van der Waals surface area contributed by atoms with Crippen molar-refractivity contribution in [3.8, 4) is 0 Å². The Labute approximate surface area is 147 Å². The van der Waals surface area contributed by atoms with Gasteiger partial charge >= 0.3 is 6.18 Å². The summed E-state index contributed by atoms with van der Waals surface area (Å²) in [5, 5.41) is 2.31. The van der Waals surface area contributed by atoms with Crippen molar-refractivity contribution >= 4 is 21.6 Å². The van der Waals surface area contributed by atoms with Gasteiger partial charge in [-0.15, -0.1) is 0 Å². The average molecular weight is 390 g/mol. The highest BCUT2D eigenvalue weighted by molar-refractivity contribution is 7.89. The van der Waals surface area contributed by atoms with E-state index in [1.807, 2.05) is 0 Å². The lowest BCUT2D eigenvalue weighted by Gasteiger charge is -2.15. The number of sulfonamides is 1. The van der Waals surface area contributed by atoms with Gasteiger partial charge in [0.05, 0.1) is 16.5 Å². The third-order valence-electron chi connectivity index (χ3n) is 3.33. The summed E-state index contributed by atoms with van der Waals surface area (Å²) in [7, 11) is -4.07. The van der Waals surface area contributed by atoms with Gasteiger partial charge in [-0.25, -0.2) is 12.8 Å². The highest BCUT2D eigenvalue weighted by Crippen LogP contribution is 2.29. The van der Waals surface area contributed by atoms with Crippen LogP contribution in [0.5, 0.6) is 0 Å². The fourth-order valence-electron chi connectivity index (χ4n) is 1.96. The molecule has 0 spiro atoms. The number of nitrogens with one attached hydrogen (secondary N) is 2. The van der Waals surface area contributed by atoms with Crippen LogP contribution >= 0.6 is 0 Å². The van der Waals surface area contributed by atoms with Crippen LogP contribution in [0.15, 0.2) is 53.4 Å². The Balaban J connectivity index is 2.04. The molecule has 0 aliphatic carbocycles. The standard InChI is InChI=1S/C16H14F4N2O3S/c1-10(22-26(24,25)14-8-4-12(17)5-9-14)15(23)21-13-6-2-11(3-7-13)16(18,19)20/h2-10,22H,1H3,(H,21,23).